The summed E-state index contributed by atoms with van der Waals surface area (Å²) >= 11 is 0. The molecule has 4 rings (SSSR count). The maximum Gasteiger partial charge on any atom is 0.266 e. The lowest BCUT2D eigenvalue weighted by molar-refractivity contribution is 0.0926. The van der Waals surface area contributed by atoms with Crippen molar-refractivity contribution in [3.63, 3.8) is 0 Å². The molecule has 0 saturated carbocycles. The molecule has 0 fully saturated rings. The number of aromatic nitrogens is 2. The summed E-state index contributed by atoms with van der Waals surface area (Å²) in [6.45, 7) is 1.82. The molecule has 2 aromatic carbocycles. The summed E-state index contributed by atoms with van der Waals surface area (Å²) in [5.74, 6) is 0.0665. The third-order valence-electron chi connectivity index (χ3n) is 3.97. The molecular weight excluding hydrogens is 302 g/mol. The van der Waals surface area contributed by atoms with Crippen LogP contribution in [0.25, 0.3) is 11.3 Å². The van der Waals surface area contributed by atoms with Crippen molar-refractivity contribution in [2.24, 2.45) is 0 Å². The second kappa shape index (κ2) is 5.38. The minimum Gasteiger partial charge on any atom is -0.268 e. The lowest BCUT2D eigenvalue weighted by Crippen LogP contribution is -2.29. The Morgan fingerprint density at radius 1 is 0.875 bits per heavy atom. The van der Waals surface area contributed by atoms with Crippen molar-refractivity contribution in [1.82, 2.24) is 9.97 Å². The van der Waals surface area contributed by atoms with Gasteiger partial charge < -0.3 is 0 Å². The first-order valence-corrected chi connectivity index (χ1v) is 7.53. The Hall–Kier alpha value is -3.34. The smallest absolute Gasteiger partial charge is 0.266 e. The molecule has 0 saturated heterocycles. The van der Waals surface area contributed by atoms with E-state index in [-0.39, 0.29) is 11.8 Å². The highest BCUT2D eigenvalue weighted by molar-refractivity contribution is 6.34. The van der Waals surface area contributed by atoms with Gasteiger partial charge in [0.25, 0.3) is 11.8 Å². The number of benzene rings is 2. The van der Waals surface area contributed by atoms with Gasteiger partial charge in [0.05, 0.1) is 22.5 Å². The number of nitrogens with zero attached hydrogens (tertiary/aromatic N) is 3. The predicted octanol–water partition coefficient (Wildman–Crippen LogP) is 3.25. The van der Waals surface area contributed by atoms with Gasteiger partial charge in [-0.3, -0.25) is 9.59 Å². The first-order chi connectivity index (χ1) is 11.6. The van der Waals surface area contributed by atoms with E-state index in [0.717, 1.165) is 11.3 Å². The zero-order valence-corrected chi connectivity index (χ0v) is 12.9. The summed E-state index contributed by atoms with van der Waals surface area (Å²) in [6, 6.07) is 15.9. The Bertz CT molecular complexity index is 947. The Morgan fingerprint density at radius 2 is 1.58 bits per heavy atom. The molecule has 0 aliphatic carbocycles. The van der Waals surface area contributed by atoms with E-state index in [1.165, 1.54) is 4.90 Å². The number of carbonyl (C=O) groups excluding carboxylic acids is 2. The van der Waals surface area contributed by atoms with Crippen LogP contribution in [0.1, 0.15) is 26.5 Å². The van der Waals surface area contributed by atoms with Gasteiger partial charge in [-0.05, 0) is 37.3 Å². The van der Waals surface area contributed by atoms with Crippen molar-refractivity contribution < 1.29 is 9.59 Å². The van der Waals surface area contributed by atoms with Crippen molar-refractivity contribution in [3.8, 4) is 11.3 Å². The SMILES string of the molecule is Cc1nccc(-c2cccc(N3C(=O)c4ccccc4C3=O)c2)n1. The van der Waals surface area contributed by atoms with Crippen LogP contribution in [0.3, 0.4) is 0 Å². The molecule has 1 aliphatic heterocycles. The van der Waals surface area contributed by atoms with Crippen LogP contribution >= 0.6 is 0 Å². The number of imide groups is 1. The fraction of sp³-hybridized carbons (Fsp3) is 0.0526. The van der Waals surface area contributed by atoms with Crippen LogP contribution in [-0.4, -0.2) is 21.8 Å². The van der Waals surface area contributed by atoms with E-state index in [9.17, 15) is 9.59 Å². The third kappa shape index (κ3) is 2.18. The highest BCUT2D eigenvalue weighted by Crippen LogP contribution is 2.30. The van der Waals surface area contributed by atoms with Gasteiger partial charge in [0.2, 0.25) is 0 Å². The zero-order chi connectivity index (χ0) is 16.7. The van der Waals surface area contributed by atoms with Crippen LogP contribution in [0, 0.1) is 6.92 Å². The summed E-state index contributed by atoms with van der Waals surface area (Å²) in [5, 5.41) is 0. The molecule has 1 aromatic heterocycles. The highest BCUT2D eigenvalue weighted by atomic mass is 16.2. The predicted molar refractivity (Wildman–Crippen MR) is 89.8 cm³/mol. The third-order valence-corrected chi connectivity index (χ3v) is 3.97. The van der Waals surface area contributed by atoms with Gasteiger partial charge in [0, 0.05) is 11.8 Å². The van der Waals surface area contributed by atoms with E-state index in [4.69, 9.17) is 0 Å². The van der Waals surface area contributed by atoms with Gasteiger partial charge in [0.15, 0.2) is 0 Å². The van der Waals surface area contributed by atoms with Gasteiger partial charge >= 0.3 is 0 Å². The van der Waals surface area contributed by atoms with E-state index in [1.807, 2.05) is 19.1 Å². The number of fused-ring (bicyclic) bond motifs is 1. The van der Waals surface area contributed by atoms with Crippen LogP contribution in [-0.2, 0) is 0 Å². The van der Waals surface area contributed by atoms with Crippen molar-refractivity contribution in [1.29, 1.82) is 0 Å². The van der Waals surface area contributed by atoms with Crippen LogP contribution in [0.4, 0.5) is 5.69 Å². The molecule has 0 N–H and O–H groups in total. The molecule has 0 atom stereocenters. The van der Waals surface area contributed by atoms with Gasteiger partial charge in [-0.1, -0.05) is 24.3 Å². The van der Waals surface area contributed by atoms with Crippen LogP contribution in [0.2, 0.25) is 0 Å². The minimum atomic E-state index is -0.299. The quantitative estimate of drug-likeness (QED) is 0.681. The number of rotatable bonds is 2. The number of carbonyl (C=O) groups is 2. The number of hydrogen-bond donors (Lipinski definition) is 0. The molecule has 2 heterocycles. The average molecular weight is 315 g/mol. The molecule has 0 radical (unpaired) electrons. The van der Waals surface area contributed by atoms with E-state index in [2.05, 4.69) is 9.97 Å². The fourth-order valence-corrected chi connectivity index (χ4v) is 2.85. The van der Waals surface area contributed by atoms with Gasteiger partial charge in [-0.2, -0.15) is 0 Å². The molecule has 0 spiro atoms. The van der Waals surface area contributed by atoms with Crippen molar-refractivity contribution >= 4 is 17.5 Å². The Balaban J connectivity index is 1.78. The molecular formula is C19H13N3O2. The van der Waals surface area contributed by atoms with Crippen molar-refractivity contribution in [3.05, 3.63) is 77.7 Å². The summed E-state index contributed by atoms with van der Waals surface area (Å²) in [6.07, 6.45) is 1.69. The lowest BCUT2D eigenvalue weighted by Gasteiger charge is -2.15. The molecule has 1 aliphatic rings. The average Bonchev–Trinajstić information content (AvgIpc) is 2.86. The second-order valence-electron chi connectivity index (χ2n) is 5.53. The first-order valence-electron chi connectivity index (χ1n) is 7.53. The summed E-state index contributed by atoms with van der Waals surface area (Å²) in [5.41, 5.74) is 2.99. The van der Waals surface area contributed by atoms with Crippen LogP contribution in [0.15, 0.2) is 60.8 Å². The standard InChI is InChI=1S/C19H13N3O2/c1-12-20-10-9-17(21-12)13-5-4-6-14(11-13)22-18(23)15-7-2-3-8-16(15)19(22)24/h2-11H,1H3. The molecule has 2 amide bonds. The van der Waals surface area contributed by atoms with E-state index < -0.39 is 0 Å². The van der Waals surface area contributed by atoms with Crippen molar-refractivity contribution in [2.45, 2.75) is 6.92 Å². The van der Waals surface area contributed by atoms with E-state index >= 15 is 0 Å². The molecule has 3 aromatic rings. The number of amides is 2. The fourth-order valence-electron chi connectivity index (χ4n) is 2.85. The Labute approximate surface area is 138 Å². The Kier molecular flexibility index (Phi) is 3.20. The molecule has 0 bridgehead atoms. The lowest BCUT2D eigenvalue weighted by atomic mass is 10.1. The topological polar surface area (TPSA) is 63.2 Å². The monoisotopic (exact) mass is 315 g/mol. The number of aryl methyl sites for hydroxylation is 1. The zero-order valence-electron chi connectivity index (χ0n) is 12.9. The largest absolute Gasteiger partial charge is 0.268 e. The molecule has 0 unspecified atom stereocenters. The molecule has 5 heteroatoms. The summed E-state index contributed by atoms with van der Waals surface area (Å²) in [4.78, 5) is 34.9. The van der Waals surface area contributed by atoms with E-state index in [0.29, 0.717) is 22.6 Å². The molecule has 5 nitrogen and oxygen atoms in total. The van der Waals surface area contributed by atoms with E-state index in [1.54, 1.807) is 48.7 Å². The maximum absolute atomic E-state index is 12.6. The molecule has 24 heavy (non-hydrogen) atoms. The maximum atomic E-state index is 12.6. The van der Waals surface area contributed by atoms with Crippen LogP contribution < -0.4 is 4.90 Å². The normalized spacial score (nSPS) is 13.3. The second-order valence-corrected chi connectivity index (χ2v) is 5.53. The minimum absolute atomic E-state index is 0.299. The molecule has 116 valence electrons. The van der Waals surface area contributed by atoms with Gasteiger partial charge in [0.1, 0.15) is 5.82 Å². The number of hydrogen-bond acceptors (Lipinski definition) is 4. The Morgan fingerprint density at radius 3 is 2.25 bits per heavy atom. The first kappa shape index (κ1) is 14.3. The summed E-state index contributed by atoms with van der Waals surface area (Å²) < 4.78 is 0. The number of anilines is 1. The van der Waals surface area contributed by atoms with Crippen molar-refractivity contribution in [2.75, 3.05) is 4.90 Å². The summed E-state index contributed by atoms with van der Waals surface area (Å²) in [7, 11) is 0. The van der Waals surface area contributed by atoms with Gasteiger partial charge in [-0.15, -0.1) is 0 Å². The van der Waals surface area contributed by atoms with Crippen LogP contribution in [0.5, 0.6) is 0 Å². The highest BCUT2D eigenvalue weighted by Gasteiger charge is 2.36. The van der Waals surface area contributed by atoms with Gasteiger partial charge in [-0.25, -0.2) is 14.9 Å².